The number of benzene rings is 1. The highest BCUT2D eigenvalue weighted by atomic mass is 35.5. The molecule has 2 aromatic heterocycles. The van der Waals surface area contributed by atoms with Crippen molar-refractivity contribution >= 4 is 40.9 Å². The number of aromatic nitrogens is 3. The van der Waals surface area contributed by atoms with Crippen LogP contribution in [0, 0.1) is 4.77 Å². The van der Waals surface area contributed by atoms with Crippen LogP contribution in [0.1, 0.15) is 17.2 Å². The molecular formula is C18H17ClN4O4S. The van der Waals surface area contributed by atoms with Crippen LogP contribution in [0.5, 0.6) is 0 Å². The van der Waals surface area contributed by atoms with Crippen LogP contribution in [0.15, 0.2) is 35.3 Å². The van der Waals surface area contributed by atoms with Gasteiger partial charge in [-0.3, -0.25) is 14.7 Å². The molecule has 3 heterocycles. The van der Waals surface area contributed by atoms with Crippen LogP contribution in [0.3, 0.4) is 0 Å². The Kier molecular flexibility index (Phi) is 4.96. The number of nitrogens with one attached hydrogen (secondary N) is 2. The molecule has 0 radical (unpaired) electrons. The molecule has 3 aromatic rings. The maximum absolute atomic E-state index is 12.1. The van der Waals surface area contributed by atoms with Gasteiger partial charge in [-0.25, -0.2) is 4.79 Å². The van der Waals surface area contributed by atoms with Gasteiger partial charge in [0.1, 0.15) is 5.52 Å². The van der Waals surface area contributed by atoms with Crippen LogP contribution >= 0.6 is 23.8 Å². The number of ether oxygens (including phenoxy) is 1. The molecule has 8 nitrogen and oxygen atoms in total. The molecule has 1 saturated heterocycles. The van der Waals surface area contributed by atoms with E-state index >= 15 is 0 Å². The molecule has 0 saturated carbocycles. The molecule has 1 unspecified atom stereocenters. The van der Waals surface area contributed by atoms with Gasteiger partial charge in [-0.15, -0.1) is 0 Å². The predicted octanol–water partition coefficient (Wildman–Crippen LogP) is 3.14. The van der Waals surface area contributed by atoms with E-state index in [1.165, 1.54) is 4.90 Å². The van der Waals surface area contributed by atoms with Crippen LogP contribution in [0.25, 0.3) is 11.0 Å². The average molecular weight is 421 g/mol. The lowest BCUT2D eigenvalue weighted by Crippen LogP contribution is -2.43. The summed E-state index contributed by atoms with van der Waals surface area (Å²) in [5.74, 6) is 0. The Balaban J connectivity index is 1.82. The summed E-state index contributed by atoms with van der Waals surface area (Å²) in [4.78, 5) is 30.7. The SMILES string of the molecule is O=C(O)N1CCOCC1c1cc(Cl)ccc1Cn1c(=S)[nH]c(=O)c2[nH]ccc21. The number of fused-ring (bicyclic) bond motifs is 1. The zero-order valence-electron chi connectivity index (χ0n) is 14.6. The number of carbonyl (C=O) groups is 1. The topological polar surface area (TPSA) is 103 Å². The predicted molar refractivity (Wildman–Crippen MR) is 107 cm³/mol. The van der Waals surface area contributed by atoms with Crippen molar-refractivity contribution in [2.75, 3.05) is 19.8 Å². The third-order valence-electron chi connectivity index (χ3n) is 4.88. The molecule has 28 heavy (non-hydrogen) atoms. The second kappa shape index (κ2) is 7.42. The van der Waals surface area contributed by atoms with E-state index in [9.17, 15) is 14.7 Å². The fourth-order valence-electron chi connectivity index (χ4n) is 3.54. The summed E-state index contributed by atoms with van der Waals surface area (Å²) in [7, 11) is 0. The third kappa shape index (κ3) is 3.32. The summed E-state index contributed by atoms with van der Waals surface area (Å²) < 4.78 is 7.61. The number of halogens is 1. The highest BCUT2D eigenvalue weighted by molar-refractivity contribution is 7.71. The average Bonchev–Trinajstić information content (AvgIpc) is 3.16. The molecule has 0 spiro atoms. The lowest BCUT2D eigenvalue weighted by Gasteiger charge is -2.35. The molecule has 1 atom stereocenters. The number of morpholine rings is 1. The largest absolute Gasteiger partial charge is 0.465 e. The minimum absolute atomic E-state index is 0.246. The van der Waals surface area contributed by atoms with E-state index < -0.39 is 12.1 Å². The maximum atomic E-state index is 12.1. The van der Waals surface area contributed by atoms with Crippen LogP contribution < -0.4 is 5.56 Å². The summed E-state index contributed by atoms with van der Waals surface area (Å²) in [5.41, 5.74) is 2.42. The Labute approximate surface area is 169 Å². The fraction of sp³-hybridized carbons (Fsp3) is 0.278. The molecule has 1 aliphatic heterocycles. The summed E-state index contributed by atoms with van der Waals surface area (Å²) >= 11 is 11.6. The van der Waals surface area contributed by atoms with Crippen molar-refractivity contribution in [3.8, 4) is 0 Å². The highest BCUT2D eigenvalue weighted by Crippen LogP contribution is 2.30. The number of hydrogen-bond donors (Lipinski definition) is 3. The summed E-state index contributed by atoms with van der Waals surface area (Å²) in [5, 5.41) is 10.1. The first-order valence-corrected chi connectivity index (χ1v) is 9.40. The van der Waals surface area contributed by atoms with Gasteiger partial charge in [0.25, 0.3) is 5.56 Å². The number of H-pyrrole nitrogens is 2. The van der Waals surface area contributed by atoms with E-state index in [1.807, 2.05) is 6.07 Å². The first-order valence-electron chi connectivity index (χ1n) is 8.61. The van der Waals surface area contributed by atoms with Crippen molar-refractivity contribution in [1.29, 1.82) is 0 Å². The standard InChI is InChI=1S/C18H17ClN4O4S/c19-11-2-1-10(12(7-11)14-9-27-6-5-22(14)18(25)26)8-23-13-3-4-20-15(13)16(24)21-17(23)28/h1-4,7,14,20H,5-6,8-9H2,(H,25,26)(H,21,24,28). The lowest BCUT2D eigenvalue weighted by atomic mass is 9.98. The molecule has 146 valence electrons. The van der Waals surface area contributed by atoms with Crippen molar-refractivity contribution in [3.63, 3.8) is 0 Å². The second-order valence-electron chi connectivity index (χ2n) is 6.49. The van der Waals surface area contributed by atoms with Gasteiger partial charge in [-0.1, -0.05) is 17.7 Å². The summed E-state index contributed by atoms with van der Waals surface area (Å²) in [6, 6.07) is 6.66. The van der Waals surface area contributed by atoms with E-state index in [1.54, 1.807) is 29.0 Å². The fourth-order valence-corrected chi connectivity index (χ4v) is 3.98. The number of aromatic amines is 2. The van der Waals surface area contributed by atoms with Crippen molar-refractivity contribution in [2.24, 2.45) is 0 Å². The minimum Gasteiger partial charge on any atom is -0.465 e. The van der Waals surface area contributed by atoms with E-state index in [-0.39, 0.29) is 23.5 Å². The lowest BCUT2D eigenvalue weighted by molar-refractivity contribution is -0.00118. The normalized spacial score (nSPS) is 17.2. The first kappa shape index (κ1) is 18.7. The van der Waals surface area contributed by atoms with Crippen molar-refractivity contribution in [1.82, 2.24) is 19.4 Å². The highest BCUT2D eigenvalue weighted by Gasteiger charge is 2.30. The van der Waals surface area contributed by atoms with E-state index in [2.05, 4.69) is 9.97 Å². The van der Waals surface area contributed by atoms with Gasteiger partial charge in [-0.05, 0) is 41.5 Å². The van der Waals surface area contributed by atoms with Gasteiger partial charge < -0.3 is 19.4 Å². The molecule has 1 aliphatic rings. The molecule has 3 N–H and O–H groups in total. The number of rotatable bonds is 3. The zero-order valence-corrected chi connectivity index (χ0v) is 16.2. The molecule has 1 fully saturated rings. The molecule has 10 heteroatoms. The summed E-state index contributed by atoms with van der Waals surface area (Å²) in [6.45, 7) is 1.23. The van der Waals surface area contributed by atoms with Crippen LogP contribution in [-0.2, 0) is 11.3 Å². The van der Waals surface area contributed by atoms with Gasteiger partial charge in [0, 0.05) is 17.8 Å². The van der Waals surface area contributed by atoms with Crippen molar-refractivity contribution < 1.29 is 14.6 Å². The Morgan fingerprint density at radius 1 is 1.39 bits per heavy atom. The van der Waals surface area contributed by atoms with Crippen molar-refractivity contribution in [3.05, 3.63) is 61.7 Å². The van der Waals surface area contributed by atoms with E-state index in [0.29, 0.717) is 29.2 Å². The second-order valence-corrected chi connectivity index (χ2v) is 7.32. The smallest absolute Gasteiger partial charge is 0.407 e. The van der Waals surface area contributed by atoms with Crippen LogP contribution in [0.2, 0.25) is 5.02 Å². The third-order valence-corrected chi connectivity index (χ3v) is 5.44. The molecule has 0 bridgehead atoms. The van der Waals surface area contributed by atoms with Gasteiger partial charge in [-0.2, -0.15) is 0 Å². The number of amides is 1. The van der Waals surface area contributed by atoms with Gasteiger partial charge in [0.2, 0.25) is 0 Å². The molecule has 0 aliphatic carbocycles. The Hall–Kier alpha value is -2.62. The van der Waals surface area contributed by atoms with Crippen molar-refractivity contribution in [2.45, 2.75) is 12.6 Å². The molecule has 1 aromatic carbocycles. The van der Waals surface area contributed by atoms with Gasteiger partial charge >= 0.3 is 6.09 Å². The summed E-state index contributed by atoms with van der Waals surface area (Å²) in [6.07, 6.45) is 0.669. The van der Waals surface area contributed by atoms with Crippen LogP contribution in [-0.4, -0.2) is 50.4 Å². The van der Waals surface area contributed by atoms with Gasteiger partial charge in [0.15, 0.2) is 4.77 Å². The van der Waals surface area contributed by atoms with E-state index in [0.717, 1.165) is 11.1 Å². The molecular weight excluding hydrogens is 404 g/mol. The Morgan fingerprint density at radius 3 is 3.00 bits per heavy atom. The first-order chi connectivity index (χ1) is 13.5. The number of carboxylic acid groups (broad SMARTS) is 1. The number of hydrogen-bond acceptors (Lipinski definition) is 4. The van der Waals surface area contributed by atoms with Gasteiger partial charge in [0.05, 0.1) is 31.3 Å². The monoisotopic (exact) mass is 420 g/mol. The quantitative estimate of drug-likeness (QED) is 0.565. The zero-order chi connectivity index (χ0) is 19.8. The molecule has 1 amide bonds. The Bertz CT molecular complexity index is 1170. The molecule has 4 rings (SSSR count). The number of nitrogens with zero attached hydrogens (tertiary/aromatic N) is 2. The van der Waals surface area contributed by atoms with E-state index in [4.69, 9.17) is 28.6 Å². The minimum atomic E-state index is -1.01. The Morgan fingerprint density at radius 2 is 2.21 bits per heavy atom. The maximum Gasteiger partial charge on any atom is 0.407 e. The van der Waals surface area contributed by atoms with Crippen LogP contribution in [0.4, 0.5) is 4.79 Å².